The van der Waals surface area contributed by atoms with Gasteiger partial charge >= 0.3 is 0 Å². The largest absolute Gasteiger partial charge is 0.367 e. The van der Waals surface area contributed by atoms with Crippen LogP contribution in [0.5, 0.6) is 0 Å². The number of rotatable bonds is 4. The Hall–Kier alpha value is -2.53. The van der Waals surface area contributed by atoms with E-state index < -0.39 is 0 Å². The van der Waals surface area contributed by atoms with Crippen LogP contribution < -0.4 is 5.32 Å². The molecule has 2 aromatic carbocycles. The Morgan fingerprint density at radius 3 is 2.50 bits per heavy atom. The van der Waals surface area contributed by atoms with Gasteiger partial charge in [-0.1, -0.05) is 36.4 Å². The summed E-state index contributed by atoms with van der Waals surface area (Å²) in [5.74, 6) is -0.259. The van der Waals surface area contributed by atoms with Crippen molar-refractivity contribution in [2.75, 3.05) is 12.0 Å². The van der Waals surface area contributed by atoms with Crippen molar-refractivity contribution >= 4 is 34.7 Å². The molecule has 1 heterocycles. The maximum atomic E-state index is 12.4. The van der Waals surface area contributed by atoms with E-state index in [2.05, 4.69) is 5.32 Å². The zero-order chi connectivity index (χ0) is 17.1. The lowest BCUT2D eigenvalue weighted by molar-refractivity contribution is -0.122. The van der Waals surface area contributed by atoms with Gasteiger partial charge in [-0.25, -0.2) is 0 Å². The lowest BCUT2D eigenvalue weighted by Crippen LogP contribution is -2.33. The fourth-order valence-electron chi connectivity index (χ4n) is 2.36. The number of anilines is 1. The lowest BCUT2D eigenvalue weighted by atomic mass is 10.1. The summed E-state index contributed by atoms with van der Waals surface area (Å²) in [6, 6.07) is 15.5. The van der Waals surface area contributed by atoms with E-state index >= 15 is 0 Å². The number of aryl methyl sites for hydroxylation is 2. The molecule has 0 saturated carbocycles. The average molecular weight is 338 g/mol. The van der Waals surface area contributed by atoms with Crippen LogP contribution in [0.25, 0.3) is 6.08 Å². The van der Waals surface area contributed by atoms with E-state index in [9.17, 15) is 9.59 Å². The monoisotopic (exact) mass is 338 g/mol. The second-order valence-electron chi connectivity index (χ2n) is 5.65. The highest BCUT2D eigenvalue weighted by Crippen LogP contribution is 2.32. The molecule has 1 fully saturated rings. The van der Waals surface area contributed by atoms with Crippen molar-refractivity contribution in [3.63, 3.8) is 0 Å². The van der Waals surface area contributed by atoms with Gasteiger partial charge in [-0.2, -0.15) is 0 Å². The van der Waals surface area contributed by atoms with Crippen LogP contribution >= 0.6 is 11.8 Å². The van der Waals surface area contributed by atoms with Crippen molar-refractivity contribution in [3.8, 4) is 0 Å². The molecule has 1 saturated heterocycles. The van der Waals surface area contributed by atoms with Gasteiger partial charge in [0, 0.05) is 5.69 Å². The van der Waals surface area contributed by atoms with Gasteiger partial charge in [-0.3, -0.25) is 14.5 Å². The van der Waals surface area contributed by atoms with Crippen LogP contribution in [-0.4, -0.2) is 22.7 Å². The molecule has 122 valence electrons. The van der Waals surface area contributed by atoms with Crippen molar-refractivity contribution in [3.05, 3.63) is 70.1 Å². The summed E-state index contributed by atoms with van der Waals surface area (Å²) >= 11 is 0.976. The van der Waals surface area contributed by atoms with Crippen LogP contribution in [-0.2, 0) is 4.79 Å². The quantitative estimate of drug-likeness (QED) is 0.839. The minimum Gasteiger partial charge on any atom is -0.367 e. The molecule has 0 aromatic heterocycles. The minimum absolute atomic E-state index is 0.166. The van der Waals surface area contributed by atoms with Crippen LogP contribution in [0.15, 0.2) is 53.4 Å². The molecular formula is C19H18N2O2S. The van der Waals surface area contributed by atoms with E-state index in [-0.39, 0.29) is 17.8 Å². The van der Waals surface area contributed by atoms with Gasteiger partial charge in [0.1, 0.15) is 0 Å². The molecule has 2 amide bonds. The summed E-state index contributed by atoms with van der Waals surface area (Å²) in [5.41, 5.74) is 4.17. The third-order valence-corrected chi connectivity index (χ3v) is 4.83. The Kier molecular flexibility index (Phi) is 4.71. The standard InChI is InChI=1S/C19H18N2O2S/c1-13-8-9-16(10-14(13)2)20-12-21-18(22)17(24-19(21)23)11-15-6-4-3-5-7-15/h3-11,20H,12H2,1-2H3. The fourth-order valence-corrected chi connectivity index (χ4v) is 3.20. The predicted octanol–water partition coefficient (Wildman–Crippen LogP) is 4.41. The molecule has 2 aromatic rings. The second kappa shape index (κ2) is 6.93. The first kappa shape index (κ1) is 16.3. The van der Waals surface area contributed by atoms with Crippen LogP contribution in [0, 0.1) is 13.8 Å². The number of amides is 2. The summed E-state index contributed by atoms with van der Waals surface area (Å²) in [6.07, 6.45) is 1.75. The molecule has 0 atom stereocenters. The van der Waals surface area contributed by atoms with E-state index in [4.69, 9.17) is 0 Å². The number of nitrogens with one attached hydrogen (secondary N) is 1. The molecule has 3 rings (SSSR count). The first-order chi connectivity index (χ1) is 11.5. The minimum atomic E-state index is -0.259. The molecule has 0 radical (unpaired) electrons. The highest BCUT2D eigenvalue weighted by Gasteiger charge is 2.34. The van der Waals surface area contributed by atoms with Gasteiger partial charge in [-0.15, -0.1) is 0 Å². The molecule has 1 N–H and O–H groups in total. The second-order valence-corrected chi connectivity index (χ2v) is 6.65. The number of thioether (sulfide) groups is 1. The van der Waals surface area contributed by atoms with Gasteiger partial charge in [0.25, 0.3) is 11.1 Å². The van der Waals surface area contributed by atoms with Crippen LogP contribution in [0.4, 0.5) is 10.5 Å². The van der Waals surface area contributed by atoms with Gasteiger partial charge in [0.05, 0.1) is 11.6 Å². The van der Waals surface area contributed by atoms with E-state index in [1.165, 1.54) is 10.5 Å². The summed E-state index contributed by atoms with van der Waals surface area (Å²) < 4.78 is 0. The normalized spacial score (nSPS) is 16.1. The van der Waals surface area contributed by atoms with Gasteiger partial charge in [-0.05, 0) is 60.5 Å². The number of hydrogen-bond acceptors (Lipinski definition) is 4. The number of benzene rings is 2. The first-order valence-corrected chi connectivity index (χ1v) is 8.48. The number of carbonyl (C=O) groups excluding carboxylic acids is 2. The summed E-state index contributed by atoms with van der Waals surface area (Å²) in [4.78, 5) is 26.2. The number of imide groups is 1. The molecule has 0 aliphatic carbocycles. The molecule has 0 spiro atoms. The zero-order valence-corrected chi connectivity index (χ0v) is 14.4. The van der Waals surface area contributed by atoms with Crippen molar-refractivity contribution in [2.24, 2.45) is 0 Å². The summed E-state index contributed by atoms with van der Waals surface area (Å²) in [7, 11) is 0. The average Bonchev–Trinajstić information content (AvgIpc) is 2.83. The molecule has 5 heteroatoms. The third kappa shape index (κ3) is 3.51. The van der Waals surface area contributed by atoms with E-state index in [0.29, 0.717) is 4.91 Å². The molecule has 4 nitrogen and oxygen atoms in total. The van der Waals surface area contributed by atoms with Crippen LogP contribution in [0.2, 0.25) is 0 Å². The summed E-state index contributed by atoms with van der Waals surface area (Å²) in [6.45, 7) is 4.24. The highest BCUT2D eigenvalue weighted by atomic mass is 32.2. The predicted molar refractivity (Wildman–Crippen MR) is 98.7 cm³/mol. The first-order valence-electron chi connectivity index (χ1n) is 7.66. The zero-order valence-electron chi connectivity index (χ0n) is 13.6. The third-order valence-electron chi connectivity index (χ3n) is 3.92. The van der Waals surface area contributed by atoms with Crippen molar-refractivity contribution in [1.29, 1.82) is 0 Å². The molecule has 24 heavy (non-hydrogen) atoms. The Morgan fingerprint density at radius 1 is 1.04 bits per heavy atom. The van der Waals surface area contributed by atoms with Gasteiger partial charge in [0.2, 0.25) is 0 Å². The number of nitrogens with zero attached hydrogens (tertiary/aromatic N) is 1. The number of hydrogen-bond donors (Lipinski definition) is 1. The smallest absolute Gasteiger partial charge is 0.295 e. The van der Waals surface area contributed by atoms with Crippen molar-refractivity contribution < 1.29 is 9.59 Å². The Bertz CT molecular complexity index is 815. The molecule has 0 unspecified atom stereocenters. The van der Waals surface area contributed by atoms with Crippen molar-refractivity contribution in [2.45, 2.75) is 13.8 Å². The Labute approximate surface area is 145 Å². The maximum Gasteiger partial charge on any atom is 0.295 e. The van der Waals surface area contributed by atoms with Crippen molar-refractivity contribution in [1.82, 2.24) is 4.90 Å². The highest BCUT2D eigenvalue weighted by molar-refractivity contribution is 8.18. The van der Waals surface area contributed by atoms with Crippen LogP contribution in [0.1, 0.15) is 16.7 Å². The molecule has 1 aliphatic rings. The van der Waals surface area contributed by atoms with Gasteiger partial charge in [0.15, 0.2) is 0 Å². The Balaban J connectivity index is 1.70. The lowest BCUT2D eigenvalue weighted by Gasteiger charge is -2.15. The van der Waals surface area contributed by atoms with Gasteiger partial charge < -0.3 is 5.32 Å². The summed E-state index contributed by atoms with van der Waals surface area (Å²) in [5, 5.41) is 2.89. The topological polar surface area (TPSA) is 49.4 Å². The number of carbonyl (C=O) groups is 2. The van der Waals surface area contributed by atoms with E-state index in [1.54, 1.807) is 6.08 Å². The van der Waals surface area contributed by atoms with E-state index in [0.717, 1.165) is 28.6 Å². The molecule has 0 bridgehead atoms. The maximum absolute atomic E-state index is 12.4. The molecular weight excluding hydrogens is 320 g/mol. The van der Waals surface area contributed by atoms with E-state index in [1.807, 2.05) is 62.4 Å². The van der Waals surface area contributed by atoms with Crippen LogP contribution in [0.3, 0.4) is 0 Å². The SMILES string of the molecule is Cc1ccc(NCN2C(=O)SC(=Cc3ccccc3)C2=O)cc1C. The Morgan fingerprint density at radius 2 is 1.79 bits per heavy atom. The fraction of sp³-hybridized carbons (Fsp3) is 0.158. The molecule has 1 aliphatic heterocycles.